The number of amides is 1. The summed E-state index contributed by atoms with van der Waals surface area (Å²) >= 11 is 5.94. The van der Waals surface area contributed by atoms with Gasteiger partial charge in [-0.05, 0) is 43.4 Å². The first-order chi connectivity index (χ1) is 13.7. The number of nitrogens with one attached hydrogen (secondary N) is 1. The van der Waals surface area contributed by atoms with E-state index >= 15 is 0 Å². The Hall–Kier alpha value is -0.860. The first-order valence-electron chi connectivity index (χ1n) is 10.6. The van der Waals surface area contributed by atoms with E-state index in [0.29, 0.717) is 17.0 Å². The Morgan fingerprint density at radius 3 is 2.33 bits per heavy atom. The Kier molecular flexibility index (Phi) is 7.09. The molecule has 3 heterocycles. The molecule has 0 aromatic heterocycles. The molecule has 3 saturated heterocycles. The molecule has 3 aliphatic rings. The lowest BCUT2D eigenvalue weighted by Gasteiger charge is -2.37. The Morgan fingerprint density at radius 2 is 1.77 bits per heavy atom. The molecule has 2 spiro atoms. The minimum atomic E-state index is -3.49. The standard InChI is InChI=1S/C21H31ClN3O3S.ClH/c1-29(27,28)23-19(15-17-5-7-18(22)8-6-17)20(26)24-11-9-21(10-12-24)16-25(21)13-3-2-4-14-25;/h5-8,19,23H,2-4,9-16H2,1H3;1H/q+1;/p-1/t19-;/m1./s1. The second-order valence-corrected chi connectivity index (χ2v) is 11.4. The van der Waals surface area contributed by atoms with E-state index in [9.17, 15) is 13.2 Å². The number of rotatable bonds is 5. The van der Waals surface area contributed by atoms with Gasteiger partial charge in [0.1, 0.15) is 12.6 Å². The fourth-order valence-electron chi connectivity index (χ4n) is 5.57. The summed E-state index contributed by atoms with van der Waals surface area (Å²) in [5.74, 6) is -0.119. The topological polar surface area (TPSA) is 66.5 Å². The van der Waals surface area contributed by atoms with Gasteiger partial charge in [-0.25, -0.2) is 13.1 Å². The van der Waals surface area contributed by atoms with E-state index < -0.39 is 16.1 Å². The number of halogens is 2. The van der Waals surface area contributed by atoms with Crippen molar-refractivity contribution in [1.82, 2.24) is 9.62 Å². The average Bonchev–Trinajstić information content (AvgIpc) is 3.26. The van der Waals surface area contributed by atoms with E-state index in [1.54, 1.807) is 12.1 Å². The molecule has 0 aliphatic carbocycles. The summed E-state index contributed by atoms with van der Waals surface area (Å²) in [6, 6.07) is 6.42. The van der Waals surface area contributed by atoms with Crippen LogP contribution >= 0.6 is 11.6 Å². The van der Waals surface area contributed by atoms with Crippen molar-refractivity contribution in [2.24, 2.45) is 0 Å². The van der Waals surface area contributed by atoms with Gasteiger partial charge in [-0.1, -0.05) is 23.7 Å². The Labute approximate surface area is 191 Å². The van der Waals surface area contributed by atoms with Gasteiger partial charge in [0, 0.05) is 31.0 Å². The molecule has 0 bridgehead atoms. The molecule has 3 fully saturated rings. The number of carbonyl (C=O) groups is 1. The highest BCUT2D eigenvalue weighted by molar-refractivity contribution is 7.88. The van der Waals surface area contributed by atoms with Crippen molar-refractivity contribution < 1.29 is 30.1 Å². The van der Waals surface area contributed by atoms with Crippen LogP contribution in [0, 0.1) is 0 Å². The van der Waals surface area contributed by atoms with Crippen LogP contribution in [0.1, 0.15) is 37.7 Å². The minimum absolute atomic E-state index is 0. The van der Waals surface area contributed by atoms with Gasteiger partial charge in [-0.2, -0.15) is 0 Å². The van der Waals surface area contributed by atoms with E-state index in [4.69, 9.17) is 11.6 Å². The fraction of sp³-hybridized carbons (Fsp3) is 0.667. The largest absolute Gasteiger partial charge is 1.00 e. The van der Waals surface area contributed by atoms with Crippen molar-refractivity contribution in [3.63, 3.8) is 0 Å². The molecule has 6 nitrogen and oxygen atoms in total. The van der Waals surface area contributed by atoms with E-state index in [1.807, 2.05) is 17.0 Å². The number of piperidine rings is 2. The summed E-state index contributed by atoms with van der Waals surface area (Å²) in [5, 5.41) is 0.619. The highest BCUT2D eigenvalue weighted by atomic mass is 35.5. The SMILES string of the molecule is CS(=O)(=O)N[C@H](Cc1ccc(Cl)cc1)C(=O)N1CCC2(CC1)C[N+]21CCCCC1.[Cl-]. The minimum Gasteiger partial charge on any atom is -1.00 e. The number of nitrogens with zero attached hydrogens (tertiary/aromatic N) is 2. The highest BCUT2D eigenvalue weighted by Gasteiger charge is 2.69. The van der Waals surface area contributed by atoms with Crippen molar-refractivity contribution in [3.8, 4) is 0 Å². The second kappa shape index (κ2) is 8.94. The zero-order chi connectivity index (χ0) is 20.7. The van der Waals surface area contributed by atoms with Gasteiger partial charge in [-0.15, -0.1) is 0 Å². The van der Waals surface area contributed by atoms with Crippen LogP contribution in [0.4, 0.5) is 0 Å². The van der Waals surface area contributed by atoms with Gasteiger partial charge in [0.05, 0.1) is 19.3 Å². The van der Waals surface area contributed by atoms with Crippen LogP contribution in [0.5, 0.6) is 0 Å². The summed E-state index contributed by atoms with van der Waals surface area (Å²) < 4.78 is 27.6. The highest BCUT2D eigenvalue weighted by Crippen LogP contribution is 2.52. The molecular weight excluding hydrogens is 445 g/mol. The number of carbonyl (C=O) groups excluding carboxylic acids is 1. The van der Waals surface area contributed by atoms with Crippen LogP contribution in [0.2, 0.25) is 5.02 Å². The maximum atomic E-state index is 13.2. The molecule has 4 rings (SSSR count). The molecule has 1 N–H and O–H groups in total. The molecule has 0 unspecified atom stereocenters. The molecule has 1 aromatic rings. The molecule has 0 radical (unpaired) electrons. The maximum absolute atomic E-state index is 13.2. The monoisotopic (exact) mass is 475 g/mol. The molecule has 0 saturated carbocycles. The Morgan fingerprint density at radius 1 is 1.17 bits per heavy atom. The van der Waals surface area contributed by atoms with Gasteiger partial charge in [-0.3, -0.25) is 4.79 Å². The third kappa shape index (κ3) is 4.96. The third-order valence-corrected chi connectivity index (χ3v) is 8.15. The first-order valence-corrected chi connectivity index (χ1v) is 12.9. The zero-order valence-electron chi connectivity index (χ0n) is 17.4. The molecule has 3 aliphatic heterocycles. The maximum Gasteiger partial charge on any atom is 0.241 e. The van der Waals surface area contributed by atoms with E-state index in [-0.39, 0.29) is 18.3 Å². The summed E-state index contributed by atoms with van der Waals surface area (Å²) in [7, 11) is -3.49. The van der Waals surface area contributed by atoms with Gasteiger partial charge < -0.3 is 21.8 Å². The molecule has 30 heavy (non-hydrogen) atoms. The van der Waals surface area contributed by atoms with Gasteiger partial charge >= 0.3 is 0 Å². The normalized spacial score (nSPS) is 23.1. The second-order valence-electron chi connectivity index (χ2n) is 9.13. The average molecular weight is 476 g/mol. The van der Waals surface area contributed by atoms with Crippen LogP contribution in [0.15, 0.2) is 24.3 Å². The molecule has 1 amide bonds. The summed E-state index contributed by atoms with van der Waals surface area (Å²) in [4.78, 5) is 15.1. The summed E-state index contributed by atoms with van der Waals surface area (Å²) in [5.41, 5.74) is 1.27. The number of hydrogen-bond acceptors (Lipinski definition) is 3. The molecule has 168 valence electrons. The van der Waals surface area contributed by atoms with Crippen LogP contribution < -0.4 is 17.1 Å². The van der Waals surface area contributed by atoms with Crippen molar-refractivity contribution in [3.05, 3.63) is 34.9 Å². The zero-order valence-corrected chi connectivity index (χ0v) is 19.8. The number of quaternary nitrogens is 1. The number of likely N-dealkylation sites (tertiary alicyclic amines) is 1. The molecule has 9 heteroatoms. The van der Waals surface area contributed by atoms with E-state index in [2.05, 4.69) is 4.72 Å². The number of hydrogen-bond donors (Lipinski definition) is 1. The van der Waals surface area contributed by atoms with Crippen molar-refractivity contribution >= 4 is 27.5 Å². The van der Waals surface area contributed by atoms with Crippen LogP contribution in [0.3, 0.4) is 0 Å². The van der Waals surface area contributed by atoms with Crippen LogP contribution in [-0.4, -0.2) is 74.3 Å². The molecular formula is C21H31Cl2N3O3S. The molecule has 1 atom stereocenters. The third-order valence-electron chi connectivity index (χ3n) is 7.19. The Bertz CT molecular complexity index is 862. The van der Waals surface area contributed by atoms with E-state index in [1.165, 1.54) is 43.4 Å². The fourth-order valence-corrected chi connectivity index (χ4v) is 6.40. The predicted octanol–water partition coefficient (Wildman–Crippen LogP) is -0.820. The number of fused-ring (bicyclic) bond motifs is 1. The van der Waals surface area contributed by atoms with Gasteiger partial charge in [0.15, 0.2) is 5.54 Å². The molecule has 1 aromatic carbocycles. The first kappa shape index (κ1) is 23.8. The van der Waals surface area contributed by atoms with Gasteiger partial charge in [0.2, 0.25) is 15.9 Å². The van der Waals surface area contributed by atoms with Crippen molar-refractivity contribution in [1.29, 1.82) is 0 Å². The van der Waals surface area contributed by atoms with Gasteiger partial charge in [0.25, 0.3) is 0 Å². The lowest BCUT2D eigenvalue weighted by atomic mass is 9.94. The van der Waals surface area contributed by atoms with Crippen molar-refractivity contribution in [2.75, 3.05) is 39.0 Å². The lowest BCUT2D eigenvalue weighted by Crippen LogP contribution is -3.00. The summed E-state index contributed by atoms with van der Waals surface area (Å²) in [6.07, 6.45) is 7.50. The number of sulfonamides is 1. The van der Waals surface area contributed by atoms with Crippen molar-refractivity contribution in [2.45, 2.75) is 50.1 Å². The predicted molar refractivity (Wildman–Crippen MR) is 114 cm³/mol. The van der Waals surface area contributed by atoms with Crippen LogP contribution in [0.25, 0.3) is 0 Å². The Balaban J connectivity index is 0.00000256. The van der Waals surface area contributed by atoms with E-state index in [0.717, 1.165) is 37.8 Å². The smallest absolute Gasteiger partial charge is 0.241 e. The summed E-state index contributed by atoms with van der Waals surface area (Å²) in [6.45, 7) is 5.30. The quantitative estimate of drug-likeness (QED) is 0.446. The number of benzene rings is 1. The van der Waals surface area contributed by atoms with Crippen LogP contribution in [-0.2, 0) is 21.2 Å². The lowest BCUT2D eigenvalue weighted by molar-refractivity contribution is -0.836.